The molecule has 2 atom stereocenters. The van der Waals surface area contributed by atoms with Crippen molar-refractivity contribution in [3.05, 3.63) is 11.9 Å². The molecule has 0 bridgehead atoms. The highest BCUT2D eigenvalue weighted by Gasteiger charge is 2.26. The van der Waals surface area contributed by atoms with Crippen LogP contribution in [0.15, 0.2) is 6.20 Å². The number of halogens is 1. The zero-order chi connectivity index (χ0) is 9.97. The topological polar surface area (TPSA) is 42.7 Å². The van der Waals surface area contributed by atoms with Crippen molar-refractivity contribution in [2.45, 2.75) is 38.0 Å². The summed E-state index contributed by atoms with van der Waals surface area (Å²) >= 11 is 0. The van der Waals surface area contributed by atoms with E-state index in [0.717, 1.165) is 18.5 Å². The average molecular weight is 198 g/mol. The summed E-state index contributed by atoms with van der Waals surface area (Å²) in [4.78, 5) is 0. The monoisotopic (exact) mass is 198 g/mol. The fraction of sp³-hybridized carbons (Fsp3) is 0.778. The molecule has 0 spiro atoms. The Morgan fingerprint density at radius 3 is 3.07 bits per heavy atom. The van der Waals surface area contributed by atoms with E-state index in [4.69, 9.17) is 0 Å². The second kappa shape index (κ2) is 4.04. The number of hydrogen-bond acceptors (Lipinski definition) is 3. The first kappa shape index (κ1) is 9.58. The van der Waals surface area contributed by atoms with Crippen LogP contribution in [0, 0.1) is 0 Å². The van der Waals surface area contributed by atoms with Gasteiger partial charge in [0.25, 0.3) is 0 Å². The second-order valence-corrected chi connectivity index (χ2v) is 3.82. The Bertz CT molecular complexity index is 299. The predicted molar refractivity (Wildman–Crippen MR) is 50.4 cm³/mol. The van der Waals surface area contributed by atoms with Crippen LogP contribution in [0.5, 0.6) is 0 Å². The Balaban J connectivity index is 1.82. The molecule has 0 radical (unpaired) electrons. The summed E-state index contributed by atoms with van der Waals surface area (Å²) in [5, 5.41) is 10.9. The van der Waals surface area contributed by atoms with Crippen LogP contribution in [0.3, 0.4) is 0 Å². The highest BCUT2D eigenvalue weighted by Crippen LogP contribution is 2.21. The summed E-state index contributed by atoms with van der Waals surface area (Å²) in [5.41, 5.74) is 0.867. The van der Waals surface area contributed by atoms with Crippen molar-refractivity contribution in [1.82, 2.24) is 20.3 Å². The number of alkyl halides is 1. The first-order valence-corrected chi connectivity index (χ1v) is 4.98. The van der Waals surface area contributed by atoms with Gasteiger partial charge < -0.3 is 5.32 Å². The Morgan fingerprint density at radius 1 is 1.64 bits per heavy atom. The second-order valence-electron chi connectivity index (χ2n) is 3.82. The van der Waals surface area contributed by atoms with E-state index >= 15 is 0 Å². The van der Waals surface area contributed by atoms with Gasteiger partial charge in [-0.1, -0.05) is 5.21 Å². The molecule has 78 valence electrons. The predicted octanol–water partition coefficient (Wildman–Crippen LogP) is 0.795. The van der Waals surface area contributed by atoms with E-state index < -0.39 is 6.17 Å². The van der Waals surface area contributed by atoms with Crippen LogP contribution in [0.1, 0.15) is 25.0 Å². The molecule has 0 aromatic carbocycles. The van der Waals surface area contributed by atoms with E-state index in [1.807, 2.05) is 13.2 Å². The van der Waals surface area contributed by atoms with Gasteiger partial charge in [0.15, 0.2) is 0 Å². The summed E-state index contributed by atoms with van der Waals surface area (Å²) in [5.74, 6) is 0. The van der Waals surface area contributed by atoms with Crippen molar-refractivity contribution < 1.29 is 4.39 Å². The van der Waals surface area contributed by atoms with Gasteiger partial charge in [0.2, 0.25) is 0 Å². The lowest BCUT2D eigenvalue weighted by Gasteiger charge is -2.13. The average Bonchev–Trinajstić information content (AvgIpc) is 2.72. The van der Waals surface area contributed by atoms with Gasteiger partial charge in [-0.05, 0) is 19.3 Å². The summed E-state index contributed by atoms with van der Waals surface area (Å²) in [7, 11) is 1.82. The molecule has 0 unspecified atom stereocenters. The smallest absolute Gasteiger partial charge is 0.115 e. The van der Waals surface area contributed by atoms with Crippen molar-refractivity contribution in [3.63, 3.8) is 0 Å². The first-order valence-electron chi connectivity index (χ1n) is 4.98. The molecular formula is C9H15FN4. The van der Waals surface area contributed by atoms with Gasteiger partial charge in [0.05, 0.1) is 5.69 Å². The lowest BCUT2D eigenvalue weighted by Crippen LogP contribution is -2.32. The van der Waals surface area contributed by atoms with E-state index in [1.165, 1.54) is 0 Å². The zero-order valence-corrected chi connectivity index (χ0v) is 8.28. The third-order valence-corrected chi connectivity index (χ3v) is 2.63. The number of nitrogens with zero attached hydrogens (tertiary/aromatic N) is 3. The molecule has 1 N–H and O–H groups in total. The lowest BCUT2D eigenvalue weighted by molar-refractivity contribution is 0.278. The third-order valence-electron chi connectivity index (χ3n) is 2.63. The van der Waals surface area contributed by atoms with Gasteiger partial charge in [-0.15, -0.1) is 5.10 Å². The number of rotatable bonds is 3. The largest absolute Gasteiger partial charge is 0.305 e. The minimum Gasteiger partial charge on any atom is -0.305 e. The molecule has 1 fully saturated rings. The maximum Gasteiger partial charge on any atom is 0.115 e. The Labute approximate surface area is 82.5 Å². The van der Waals surface area contributed by atoms with E-state index in [-0.39, 0.29) is 6.04 Å². The standard InChI is InChI=1S/C9H15FN4/c1-14-6-7(12-13-14)5-11-9-4-2-3-8(9)10/h6,8-9,11H,2-5H2,1H3/t8-,9+/m1/s1. The number of aromatic nitrogens is 3. The summed E-state index contributed by atoms with van der Waals surface area (Å²) < 4.78 is 14.8. The molecule has 1 saturated carbocycles. The molecule has 14 heavy (non-hydrogen) atoms. The molecule has 1 aliphatic carbocycles. The molecule has 0 amide bonds. The lowest BCUT2D eigenvalue weighted by atomic mass is 10.2. The summed E-state index contributed by atoms with van der Waals surface area (Å²) in [6.45, 7) is 0.610. The molecule has 1 aromatic rings. The maximum absolute atomic E-state index is 13.2. The summed E-state index contributed by atoms with van der Waals surface area (Å²) in [6.07, 6.45) is 3.76. The number of aryl methyl sites for hydroxylation is 1. The molecule has 1 aromatic heterocycles. The maximum atomic E-state index is 13.2. The van der Waals surface area contributed by atoms with Crippen LogP contribution in [0.25, 0.3) is 0 Å². The van der Waals surface area contributed by atoms with Crippen LogP contribution in [0.2, 0.25) is 0 Å². The van der Waals surface area contributed by atoms with Crippen molar-refractivity contribution in [2.75, 3.05) is 0 Å². The summed E-state index contributed by atoms with van der Waals surface area (Å²) in [6, 6.07) is 0.0111. The van der Waals surface area contributed by atoms with E-state index in [0.29, 0.717) is 13.0 Å². The van der Waals surface area contributed by atoms with Crippen LogP contribution < -0.4 is 5.32 Å². The van der Waals surface area contributed by atoms with Crippen LogP contribution in [0.4, 0.5) is 4.39 Å². The Morgan fingerprint density at radius 2 is 2.50 bits per heavy atom. The van der Waals surface area contributed by atoms with Crippen LogP contribution >= 0.6 is 0 Å². The SMILES string of the molecule is Cn1cc(CN[C@H]2CCC[C@H]2F)nn1. The quantitative estimate of drug-likeness (QED) is 0.781. The van der Waals surface area contributed by atoms with Crippen molar-refractivity contribution >= 4 is 0 Å². The van der Waals surface area contributed by atoms with Gasteiger partial charge in [0.1, 0.15) is 6.17 Å². The van der Waals surface area contributed by atoms with Crippen LogP contribution in [-0.2, 0) is 13.6 Å². The van der Waals surface area contributed by atoms with E-state index in [9.17, 15) is 4.39 Å². The van der Waals surface area contributed by atoms with Gasteiger partial charge in [-0.25, -0.2) is 4.39 Å². The zero-order valence-electron chi connectivity index (χ0n) is 8.28. The van der Waals surface area contributed by atoms with E-state index in [1.54, 1.807) is 4.68 Å². The molecule has 4 nitrogen and oxygen atoms in total. The van der Waals surface area contributed by atoms with Gasteiger partial charge in [-0.3, -0.25) is 4.68 Å². The molecule has 5 heteroatoms. The molecule has 2 rings (SSSR count). The molecule has 0 aliphatic heterocycles. The normalized spacial score (nSPS) is 27.0. The highest BCUT2D eigenvalue weighted by molar-refractivity contribution is 4.93. The Kier molecular flexibility index (Phi) is 2.77. The third kappa shape index (κ3) is 2.09. The van der Waals surface area contributed by atoms with Gasteiger partial charge in [-0.2, -0.15) is 0 Å². The van der Waals surface area contributed by atoms with Crippen LogP contribution in [-0.4, -0.2) is 27.2 Å². The first-order chi connectivity index (χ1) is 6.75. The highest BCUT2D eigenvalue weighted by atomic mass is 19.1. The van der Waals surface area contributed by atoms with Gasteiger partial charge >= 0.3 is 0 Å². The van der Waals surface area contributed by atoms with Crippen molar-refractivity contribution in [3.8, 4) is 0 Å². The molecule has 0 saturated heterocycles. The van der Waals surface area contributed by atoms with E-state index in [2.05, 4.69) is 15.6 Å². The minimum atomic E-state index is -0.688. The fourth-order valence-corrected chi connectivity index (χ4v) is 1.86. The van der Waals surface area contributed by atoms with Crippen molar-refractivity contribution in [1.29, 1.82) is 0 Å². The van der Waals surface area contributed by atoms with Crippen molar-refractivity contribution in [2.24, 2.45) is 7.05 Å². The molecule has 1 heterocycles. The molecule has 1 aliphatic rings. The van der Waals surface area contributed by atoms with Gasteiger partial charge in [0, 0.05) is 25.8 Å². The minimum absolute atomic E-state index is 0.0111. The molecular weight excluding hydrogens is 183 g/mol. The number of hydrogen-bond donors (Lipinski definition) is 1. The fourth-order valence-electron chi connectivity index (χ4n) is 1.86. The number of nitrogens with one attached hydrogen (secondary N) is 1. The Hall–Kier alpha value is -0.970.